The fourth-order valence-corrected chi connectivity index (χ4v) is 5.97. The number of ether oxygens (including phenoxy) is 2. The van der Waals surface area contributed by atoms with Crippen LogP contribution in [0.1, 0.15) is 194 Å². The van der Waals surface area contributed by atoms with Gasteiger partial charge in [-0.05, 0) is 44.9 Å². The SMILES string of the molecule is [2H]C([2H])(OC(=O)CCCCCCCCCCCCCCCC)[C@@]([2H])(OC(=O)CCCCCCCCC/C=C\C/C=C\C/C=C\CC)C([2H])([2H])OP(=O)(O)OCCN. The molecule has 0 aliphatic rings. The molecule has 10 heteroatoms. The number of hydrogen-bond donors (Lipinski definition) is 2. The third-order valence-corrected chi connectivity index (χ3v) is 9.20. The van der Waals surface area contributed by atoms with Gasteiger partial charge in [0.25, 0.3) is 0 Å². The molecule has 0 heterocycles. The van der Waals surface area contributed by atoms with Gasteiger partial charge in [0.05, 0.1) is 20.0 Å². The lowest BCUT2D eigenvalue weighted by Crippen LogP contribution is -2.29. The van der Waals surface area contributed by atoms with E-state index in [-0.39, 0.29) is 19.4 Å². The van der Waals surface area contributed by atoms with Gasteiger partial charge in [-0.15, -0.1) is 0 Å². The first-order valence-electron chi connectivity index (χ1n) is 22.9. The van der Waals surface area contributed by atoms with Gasteiger partial charge in [0.1, 0.15) is 6.56 Å². The largest absolute Gasteiger partial charge is 0.472 e. The van der Waals surface area contributed by atoms with Gasteiger partial charge in [-0.1, -0.05) is 166 Å². The molecule has 0 spiro atoms. The second kappa shape index (κ2) is 38.9. The van der Waals surface area contributed by atoms with Crippen molar-refractivity contribution in [1.82, 2.24) is 0 Å². The van der Waals surface area contributed by atoms with E-state index in [9.17, 15) is 19.0 Å². The van der Waals surface area contributed by atoms with E-state index in [1.54, 1.807) is 0 Å². The topological polar surface area (TPSA) is 134 Å². The average Bonchev–Trinajstić information content (AvgIpc) is 3.14. The molecule has 0 amide bonds. The minimum atomic E-state index is -5.26. The van der Waals surface area contributed by atoms with Crippen molar-refractivity contribution in [3.8, 4) is 0 Å². The number of nitrogens with two attached hydrogens (primary N) is 1. The molecule has 52 heavy (non-hydrogen) atoms. The molecule has 0 aromatic rings. The number of rotatable bonds is 39. The van der Waals surface area contributed by atoms with Crippen LogP contribution in [-0.2, 0) is 32.7 Å². The number of carbonyl (C=O) groups excluding carboxylic acids is 2. The van der Waals surface area contributed by atoms with Crippen molar-refractivity contribution in [1.29, 1.82) is 0 Å². The van der Waals surface area contributed by atoms with Crippen molar-refractivity contribution < 1.29 is 44.4 Å². The summed E-state index contributed by atoms with van der Waals surface area (Å²) >= 11 is 0. The fourth-order valence-electron chi connectivity index (χ4n) is 5.38. The van der Waals surface area contributed by atoms with Crippen LogP contribution in [0, 0.1) is 0 Å². The molecular weight excluding hydrogens is 677 g/mol. The minimum absolute atomic E-state index is 0.213. The van der Waals surface area contributed by atoms with Gasteiger partial charge >= 0.3 is 19.8 Å². The van der Waals surface area contributed by atoms with Gasteiger partial charge in [0, 0.05) is 19.4 Å². The third kappa shape index (κ3) is 38.0. The Bertz CT molecular complexity index is 1170. The maximum atomic E-state index is 12.9. The number of hydrogen-bond acceptors (Lipinski definition) is 8. The molecular formula is C42H78NO8P. The summed E-state index contributed by atoms with van der Waals surface area (Å²) < 4.78 is 73.5. The highest BCUT2D eigenvalue weighted by atomic mass is 31.2. The van der Waals surface area contributed by atoms with Gasteiger partial charge in [0.15, 0.2) is 6.08 Å². The van der Waals surface area contributed by atoms with Crippen LogP contribution in [0.15, 0.2) is 36.5 Å². The summed E-state index contributed by atoms with van der Waals surface area (Å²) in [5, 5.41) is 0. The molecule has 9 nitrogen and oxygen atoms in total. The van der Waals surface area contributed by atoms with Crippen LogP contribution in [0.25, 0.3) is 0 Å². The number of phosphoric acid groups is 1. The van der Waals surface area contributed by atoms with Gasteiger partial charge in [0.2, 0.25) is 0 Å². The average molecular weight is 761 g/mol. The van der Waals surface area contributed by atoms with Crippen molar-refractivity contribution in [3.05, 3.63) is 36.5 Å². The van der Waals surface area contributed by atoms with Crippen molar-refractivity contribution in [2.45, 2.75) is 193 Å². The van der Waals surface area contributed by atoms with Crippen LogP contribution >= 0.6 is 7.82 Å². The van der Waals surface area contributed by atoms with E-state index < -0.39 is 45.6 Å². The highest BCUT2D eigenvalue weighted by Crippen LogP contribution is 2.43. The van der Waals surface area contributed by atoms with Gasteiger partial charge in [-0.25, -0.2) is 4.57 Å². The molecule has 0 fully saturated rings. The first-order chi connectivity index (χ1) is 27.2. The van der Waals surface area contributed by atoms with Crippen molar-refractivity contribution in [2.75, 3.05) is 26.3 Å². The maximum absolute atomic E-state index is 12.9. The molecule has 304 valence electrons. The van der Waals surface area contributed by atoms with E-state index in [2.05, 4.69) is 59.4 Å². The van der Waals surface area contributed by atoms with Gasteiger partial charge in [-0.2, -0.15) is 0 Å². The summed E-state index contributed by atoms with van der Waals surface area (Å²) in [6, 6.07) is 0. The second-order valence-electron chi connectivity index (χ2n) is 13.3. The maximum Gasteiger partial charge on any atom is 0.472 e. The standard InChI is InChI=1S/C42H78NO8P/c1-3-5-7-9-11-13-15-17-19-20-21-23-25-27-29-31-33-35-42(45)51-40(39-50-52(46,47)49-37-36-43)38-48-41(44)34-32-30-28-26-24-22-18-16-14-12-10-8-6-4-2/h5,7,11,13,17,19,40H,3-4,6,8-10,12,14-16,18,20-39,43H2,1-2H3,(H,46,47)/b7-5-,13-11-,19-17-/t40-/m1/s1/i38D2,39D2,40D. The van der Waals surface area contributed by atoms with E-state index in [0.717, 1.165) is 77.0 Å². The molecule has 0 aliphatic heterocycles. The fraction of sp³-hybridized carbons (Fsp3) is 0.810. The number of carbonyl (C=O) groups is 2. The Morgan fingerprint density at radius 1 is 0.654 bits per heavy atom. The molecule has 0 saturated heterocycles. The predicted molar refractivity (Wildman–Crippen MR) is 215 cm³/mol. The Morgan fingerprint density at radius 3 is 1.63 bits per heavy atom. The number of unbranched alkanes of at least 4 members (excludes halogenated alkanes) is 20. The van der Waals surface area contributed by atoms with Crippen molar-refractivity contribution >= 4 is 19.8 Å². The molecule has 0 bridgehead atoms. The molecule has 0 radical (unpaired) electrons. The Balaban J connectivity index is 4.86. The van der Waals surface area contributed by atoms with Crippen LogP contribution in [0.4, 0.5) is 0 Å². The lowest BCUT2D eigenvalue weighted by molar-refractivity contribution is -0.161. The van der Waals surface area contributed by atoms with Crippen LogP contribution < -0.4 is 5.73 Å². The van der Waals surface area contributed by atoms with Crippen LogP contribution in [-0.4, -0.2) is 49.2 Å². The van der Waals surface area contributed by atoms with E-state index in [0.29, 0.717) is 25.7 Å². The first kappa shape index (κ1) is 41.4. The quantitative estimate of drug-likeness (QED) is 0.0272. The van der Waals surface area contributed by atoms with E-state index in [1.165, 1.54) is 57.8 Å². The normalized spacial score (nSPS) is 16.3. The summed E-state index contributed by atoms with van der Waals surface area (Å²) in [5.41, 5.74) is 5.29. The molecule has 0 saturated carbocycles. The monoisotopic (exact) mass is 761 g/mol. The van der Waals surface area contributed by atoms with Crippen molar-refractivity contribution in [3.63, 3.8) is 0 Å². The smallest absolute Gasteiger partial charge is 0.462 e. The zero-order chi connectivity index (χ0) is 42.7. The van der Waals surface area contributed by atoms with Gasteiger partial charge < -0.3 is 20.1 Å². The van der Waals surface area contributed by atoms with Crippen LogP contribution in [0.5, 0.6) is 0 Å². The summed E-state index contributed by atoms with van der Waals surface area (Å²) in [5.74, 6) is -2.23. The number of phosphoric ester groups is 1. The lowest BCUT2D eigenvalue weighted by Gasteiger charge is -2.19. The zero-order valence-electron chi connectivity index (χ0n) is 37.8. The Morgan fingerprint density at radius 2 is 1.12 bits per heavy atom. The number of allylic oxidation sites excluding steroid dienone is 6. The Hall–Kier alpha value is -1.77. The van der Waals surface area contributed by atoms with E-state index >= 15 is 0 Å². The predicted octanol–water partition coefficient (Wildman–Crippen LogP) is 11.8. The zero-order valence-corrected chi connectivity index (χ0v) is 33.7. The van der Waals surface area contributed by atoms with Crippen LogP contribution in [0.3, 0.4) is 0 Å². The van der Waals surface area contributed by atoms with Gasteiger partial charge in [-0.3, -0.25) is 18.6 Å². The molecule has 3 N–H and O–H groups in total. The molecule has 0 aromatic carbocycles. The number of esters is 2. The molecule has 0 rings (SSSR count). The molecule has 0 aliphatic carbocycles. The highest BCUT2D eigenvalue weighted by molar-refractivity contribution is 7.47. The van der Waals surface area contributed by atoms with Crippen molar-refractivity contribution in [2.24, 2.45) is 5.73 Å². The summed E-state index contributed by atoms with van der Waals surface area (Å²) in [4.78, 5) is 35.6. The third-order valence-electron chi connectivity index (χ3n) is 8.37. The summed E-state index contributed by atoms with van der Waals surface area (Å²) in [6.07, 6.45) is 34.2. The molecule has 2 atom stereocenters. The first-order valence-corrected chi connectivity index (χ1v) is 21.9. The summed E-state index contributed by atoms with van der Waals surface area (Å²) in [6.45, 7) is -3.82. The second-order valence-corrected chi connectivity index (χ2v) is 14.7. The van der Waals surface area contributed by atoms with E-state index in [4.69, 9.17) is 22.1 Å². The van der Waals surface area contributed by atoms with E-state index in [1.807, 2.05) is 0 Å². The lowest BCUT2D eigenvalue weighted by atomic mass is 10.0. The summed E-state index contributed by atoms with van der Waals surface area (Å²) in [7, 11) is -5.26. The molecule has 1 unspecified atom stereocenters. The Labute approximate surface area is 325 Å². The van der Waals surface area contributed by atoms with Crippen LogP contribution in [0.2, 0.25) is 0 Å². The highest BCUT2D eigenvalue weighted by Gasteiger charge is 2.26. The minimum Gasteiger partial charge on any atom is -0.462 e. The molecule has 0 aromatic heterocycles. The Kier molecular flexibility index (Phi) is 31.0.